The minimum atomic E-state index is 0.346. The number of fused-ring (bicyclic) bond motifs is 1. The third-order valence-corrected chi connectivity index (χ3v) is 4.23. The molecule has 2 nitrogen and oxygen atoms in total. The molecule has 1 saturated heterocycles. The lowest BCUT2D eigenvalue weighted by Gasteiger charge is -2.60. The van der Waals surface area contributed by atoms with Crippen molar-refractivity contribution in [1.29, 1.82) is 0 Å². The van der Waals surface area contributed by atoms with Gasteiger partial charge < -0.3 is 10.1 Å². The largest absolute Gasteiger partial charge is 0.377 e. The molecule has 2 rings (SSSR count). The minimum absolute atomic E-state index is 0.346. The van der Waals surface area contributed by atoms with Gasteiger partial charge in [-0.15, -0.1) is 0 Å². The number of hydrogen-bond acceptors (Lipinski definition) is 2. The predicted molar refractivity (Wildman–Crippen MR) is 62.9 cm³/mol. The second kappa shape index (κ2) is 4.42. The Morgan fingerprint density at radius 2 is 2.20 bits per heavy atom. The van der Waals surface area contributed by atoms with E-state index in [0.29, 0.717) is 17.6 Å². The maximum Gasteiger partial charge on any atom is 0.0684 e. The van der Waals surface area contributed by atoms with Crippen LogP contribution in [0.4, 0.5) is 0 Å². The van der Waals surface area contributed by atoms with Gasteiger partial charge in [0.15, 0.2) is 0 Å². The lowest BCUT2D eigenvalue weighted by molar-refractivity contribution is -0.192. The van der Waals surface area contributed by atoms with Gasteiger partial charge in [0, 0.05) is 24.0 Å². The van der Waals surface area contributed by atoms with Crippen molar-refractivity contribution in [2.24, 2.45) is 11.3 Å². The molecule has 0 aromatic heterocycles. The van der Waals surface area contributed by atoms with Crippen molar-refractivity contribution in [1.82, 2.24) is 5.32 Å². The number of rotatable bonds is 4. The van der Waals surface area contributed by atoms with Gasteiger partial charge in [-0.3, -0.25) is 0 Å². The highest BCUT2D eigenvalue weighted by atomic mass is 16.5. The molecule has 3 atom stereocenters. The van der Waals surface area contributed by atoms with Crippen molar-refractivity contribution in [2.75, 3.05) is 13.2 Å². The van der Waals surface area contributed by atoms with E-state index in [1.165, 1.54) is 32.2 Å². The molecule has 3 unspecified atom stereocenters. The van der Waals surface area contributed by atoms with Crippen LogP contribution in [0.5, 0.6) is 0 Å². The van der Waals surface area contributed by atoms with Gasteiger partial charge in [-0.05, 0) is 25.8 Å². The normalized spacial score (nSPS) is 38.2. The van der Waals surface area contributed by atoms with Crippen molar-refractivity contribution in [3.63, 3.8) is 0 Å². The fraction of sp³-hybridized carbons (Fsp3) is 1.00. The Kier molecular flexibility index (Phi) is 3.36. The standard InChI is InChI=1S/C13H25NO/c1-4-5-8-14-11-10-7-6-9-15-12(10)13(11,2)3/h10-12,14H,4-9H2,1-3H3. The Labute approximate surface area is 93.8 Å². The van der Waals surface area contributed by atoms with E-state index < -0.39 is 0 Å². The first-order valence-corrected chi connectivity index (χ1v) is 6.53. The molecule has 1 heterocycles. The van der Waals surface area contributed by atoms with Gasteiger partial charge in [0.25, 0.3) is 0 Å². The van der Waals surface area contributed by atoms with Gasteiger partial charge in [0.1, 0.15) is 0 Å². The minimum Gasteiger partial charge on any atom is -0.377 e. The van der Waals surface area contributed by atoms with Crippen LogP contribution in [0.2, 0.25) is 0 Å². The highest BCUT2D eigenvalue weighted by Gasteiger charge is 2.57. The van der Waals surface area contributed by atoms with E-state index in [-0.39, 0.29) is 0 Å². The lowest BCUT2D eigenvalue weighted by Crippen LogP contribution is -2.69. The molecule has 0 bridgehead atoms. The summed E-state index contributed by atoms with van der Waals surface area (Å²) in [7, 11) is 0. The summed E-state index contributed by atoms with van der Waals surface area (Å²) >= 11 is 0. The molecule has 2 heteroatoms. The lowest BCUT2D eigenvalue weighted by atomic mass is 9.55. The van der Waals surface area contributed by atoms with Crippen LogP contribution in [0.15, 0.2) is 0 Å². The van der Waals surface area contributed by atoms with E-state index in [0.717, 1.165) is 12.5 Å². The second-order valence-corrected chi connectivity index (χ2v) is 5.70. The summed E-state index contributed by atoms with van der Waals surface area (Å²) in [6.07, 6.45) is 5.71. The van der Waals surface area contributed by atoms with E-state index in [1.54, 1.807) is 0 Å². The predicted octanol–water partition coefficient (Wildman–Crippen LogP) is 2.58. The zero-order valence-electron chi connectivity index (χ0n) is 10.4. The first-order valence-electron chi connectivity index (χ1n) is 6.53. The van der Waals surface area contributed by atoms with Crippen LogP contribution >= 0.6 is 0 Å². The average molecular weight is 211 g/mol. The highest BCUT2D eigenvalue weighted by Crippen LogP contribution is 2.51. The third-order valence-electron chi connectivity index (χ3n) is 4.23. The monoisotopic (exact) mass is 211 g/mol. The topological polar surface area (TPSA) is 21.3 Å². The summed E-state index contributed by atoms with van der Waals surface area (Å²) in [6.45, 7) is 9.10. The van der Waals surface area contributed by atoms with E-state index in [1.807, 2.05) is 0 Å². The van der Waals surface area contributed by atoms with Gasteiger partial charge in [-0.25, -0.2) is 0 Å². The number of ether oxygens (including phenoxy) is 1. The molecule has 1 N–H and O–H groups in total. The molecule has 0 aromatic rings. The SMILES string of the molecule is CCCCNC1C2CCCOC2C1(C)C. The van der Waals surface area contributed by atoms with Crippen LogP contribution < -0.4 is 5.32 Å². The molecule has 0 aromatic carbocycles. The van der Waals surface area contributed by atoms with E-state index in [4.69, 9.17) is 4.74 Å². The summed E-state index contributed by atoms with van der Waals surface area (Å²) in [6, 6.07) is 0.689. The molecule has 2 aliphatic rings. The first-order chi connectivity index (χ1) is 7.18. The molecule has 1 aliphatic heterocycles. The zero-order chi connectivity index (χ0) is 10.9. The van der Waals surface area contributed by atoms with E-state index in [2.05, 4.69) is 26.1 Å². The number of nitrogens with one attached hydrogen (secondary N) is 1. The molecule has 0 spiro atoms. The Bertz CT molecular complexity index is 215. The van der Waals surface area contributed by atoms with Crippen LogP contribution in [0.3, 0.4) is 0 Å². The van der Waals surface area contributed by atoms with Crippen molar-refractivity contribution in [3.05, 3.63) is 0 Å². The fourth-order valence-electron chi connectivity index (χ4n) is 3.37. The van der Waals surface area contributed by atoms with Crippen LogP contribution in [0.25, 0.3) is 0 Å². The Hall–Kier alpha value is -0.0800. The number of hydrogen-bond donors (Lipinski definition) is 1. The summed E-state index contributed by atoms with van der Waals surface area (Å²) < 4.78 is 5.89. The van der Waals surface area contributed by atoms with Crippen LogP contribution in [-0.4, -0.2) is 25.3 Å². The van der Waals surface area contributed by atoms with Crippen LogP contribution in [0.1, 0.15) is 46.5 Å². The van der Waals surface area contributed by atoms with Gasteiger partial charge in [0.05, 0.1) is 6.10 Å². The quantitative estimate of drug-likeness (QED) is 0.722. The van der Waals surface area contributed by atoms with Crippen LogP contribution in [-0.2, 0) is 4.74 Å². The molecule has 1 saturated carbocycles. The van der Waals surface area contributed by atoms with Crippen molar-refractivity contribution in [2.45, 2.75) is 58.6 Å². The van der Waals surface area contributed by atoms with E-state index >= 15 is 0 Å². The van der Waals surface area contributed by atoms with Crippen molar-refractivity contribution < 1.29 is 4.74 Å². The third kappa shape index (κ3) is 1.94. The van der Waals surface area contributed by atoms with E-state index in [9.17, 15) is 0 Å². The smallest absolute Gasteiger partial charge is 0.0684 e. The van der Waals surface area contributed by atoms with Crippen LogP contribution in [0, 0.1) is 11.3 Å². The van der Waals surface area contributed by atoms with Gasteiger partial charge in [-0.1, -0.05) is 27.2 Å². The van der Waals surface area contributed by atoms with Crippen molar-refractivity contribution in [3.8, 4) is 0 Å². The van der Waals surface area contributed by atoms with Gasteiger partial charge in [0.2, 0.25) is 0 Å². The summed E-state index contributed by atoms with van der Waals surface area (Å²) in [5.41, 5.74) is 0.346. The van der Waals surface area contributed by atoms with Crippen molar-refractivity contribution >= 4 is 0 Å². The molecule has 0 radical (unpaired) electrons. The maximum atomic E-state index is 5.89. The summed E-state index contributed by atoms with van der Waals surface area (Å²) in [5, 5.41) is 3.73. The van der Waals surface area contributed by atoms with Gasteiger partial charge >= 0.3 is 0 Å². The molecule has 0 amide bonds. The summed E-state index contributed by atoms with van der Waals surface area (Å²) in [5.74, 6) is 0.783. The molecule has 1 aliphatic carbocycles. The molecule has 15 heavy (non-hydrogen) atoms. The first kappa shape index (κ1) is 11.4. The maximum absolute atomic E-state index is 5.89. The average Bonchev–Trinajstić information content (AvgIpc) is 2.24. The Morgan fingerprint density at radius 1 is 1.40 bits per heavy atom. The molecular formula is C13H25NO. The zero-order valence-corrected chi connectivity index (χ0v) is 10.4. The Balaban J connectivity index is 1.87. The summed E-state index contributed by atoms with van der Waals surface area (Å²) in [4.78, 5) is 0. The highest BCUT2D eigenvalue weighted by molar-refractivity contribution is 5.10. The number of unbranched alkanes of at least 4 members (excludes halogenated alkanes) is 1. The Morgan fingerprint density at radius 3 is 2.93 bits per heavy atom. The molecule has 88 valence electrons. The van der Waals surface area contributed by atoms with Gasteiger partial charge in [-0.2, -0.15) is 0 Å². The molecule has 2 fully saturated rings. The molecular weight excluding hydrogens is 186 g/mol. The fourth-order valence-corrected chi connectivity index (χ4v) is 3.37. The second-order valence-electron chi connectivity index (χ2n) is 5.70.